The second-order valence-electron chi connectivity index (χ2n) is 6.55. The maximum atomic E-state index is 11.6. The van der Waals surface area contributed by atoms with Gasteiger partial charge in [-0.1, -0.05) is 20.8 Å². The number of thiazole rings is 1. The topological polar surface area (TPSA) is 54.0 Å². The third kappa shape index (κ3) is 7.77. The Hall–Kier alpha value is -0.360. The summed E-state index contributed by atoms with van der Waals surface area (Å²) >= 11 is 1.68. The zero-order chi connectivity index (χ0) is 14.6. The van der Waals surface area contributed by atoms with E-state index in [0.29, 0.717) is 13.1 Å². The molecule has 7 heteroatoms. The van der Waals surface area contributed by atoms with Gasteiger partial charge in [0.15, 0.2) is 0 Å². The van der Waals surface area contributed by atoms with Crippen LogP contribution < -0.4 is 10.6 Å². The van der Waals surface area contributed by atoms with Gasteiger partial charge in [0.2, 0.25) is 5.91 Å². The summed E-state index contributed by atoms with van der Waals surface area (Å²) in [4.78, 5) is 16.2. The summed E-state index contributed by atoms with van der Waals surface area (Å²) < 4.78 is 0. The molecular weight excluding hydrogens is 341 g/mol. The van der Waals surface area contributed by atoms with Gasteiger partial charge in [-0.15, -0.1) is 36.2 Å². The monoisotopic (exact) mass is 367 g/mol. The SMILES string of the molecule is CC(C)(C)c1csc(CCNC(=O)CNCC2CC2)n1.Cl.Cl. The fraction of sp³-hybridized carbons (Fsp3) is 0.733. The van der Waals surface area contributed by atoms with E-state index in [-0.39, 0.29) is 36.1 Å². The van der Waals surface area contributed by atoms with Crippen molar-refractivity contribution in [3.63, 3.8) is 0 Å². The summed E-state index contributed by atoms with van der Waals surface area (Å²) in [5, 5.41) is 9.35. The molecule has 4 nitrogen and oxygen atoms in total. The lowest BCUT2D eigenvalue weighted by molar-refractivity contribution is -0.120. The maximum absolute atomic E-state index is 11.6. The van der Waals surface area contributed by atoms with E-state index in [0.717, 1.165) is 29.6 Å². The minimum Gasteiger partial charge on any atom is -0.355 e. The van der Waals surface area contributed by atoms with E-state index in [1.165, 1.54) is 12.8 Å². The second-order valence-corrected chi connectivity index (χ2v) is 7.49. The number of rotatable bonds is 7. The third-order valence-electron chi connectivity index (χ3n) is 3.40. The van der Waals surface area contributed by atoms with Gasteiger partial charge in [-0.3, -0.25) is 4.79 Å². The van der Waals surface area contributed by atoms with Gasteiger partial charge in [0.25, 0.3) is 0 Å². The van der Waals surface area contributed by atoms with Crippen LogP contribution >= 0.6 is 36.2 Å². The Morgan fingerprint density at radius 2 is 2.05 bits per heavy atom. The van der Waals surface area contributed by atoms with Crippen molar-refractivity contribution in [2.75, 3.05) is 19.6 Å². The number of aromatic nitrogens is 1. The molecule has 2 N–H and O–H groups in total. The Labute approximate surface area is 149 Å². The first-order chi connectivity index (χ1) is 9.45. The lowest BCUT2D eigenvalue weighted by atomic mass is 9.93. The minimum atomic E-state index is 0. The molecule has 1 aromatic rings. The summed E-state index contributed by atoms with van der Waals surface area (Å²) in [6, 6.07) is 0. The van der Waals surface area contributed by atoms with Crippen molar-refractivity contribution in [1.29, 1.82) is 0 Å². The summed E-state index contributed by atoms with van der Waals surface area (Å²) in [6.45, 7) is 8.58. The van der Waals surface area contributed by atoms with Crippen molar-refractivity contribution in [2.24, 2.45) is 5.92 Å². The van der Waals surface area contributed by atoms with E-state index < -0.39 is 0 Å². The molecule has 128 valence electrons. The summed E-state index contributed by atoms with van der Waals surface area (Å²) in [5.74, 6) is 0.896. The van der Waals surface area contributed by atoms with Gasteiger partial charge in [-0.05, 0) is 25.3 Å². The van der Waals surface area contributed by atoms with Crippen LogP contribution in [0.2, 0.25) is 0 Å². The van der Waals surface area contributed by atoms with Crippen LogP contribution in [0.3, 0.4) is 0 Å². The predicted molar refractivity (Wildman–Crippen MR) is 97.6 cm³/mol. The largest absolute Gasteiger partial charge is 0.355 e. The van der Waals surface area contributed by atoms with Gasteiger partial charge in [0.05, 0.1) is 17.2 Å². The molecule has 0 aliphatic heterocycles. The fourth-order valence-electron chi connectivity index (χ4n) is 1.85. The maximum Gasteiger partial charge on any atom is 0.233 e. The first kappa shape index (κ1) is 21.6. The standard InChI is InChI=1S/C15H25N3OS.2ClH/c1-15(2,3)12-10-20-14(18-12)6-7-17-13(19)9-16-8-11-4-5-11;;/h10-11,16H,4-9H2,1-3H3,(H,17,19);2*1H. The zero-order valence-corrected chi connectivity index (χ0v) is 15.9. The molecule has 2 rings (SSSR count). The average Bonchev–Trinajstić information content (AvgIpc) is 3.04. The third-order valence-corrected chi connectivity index (χ3v) is 4.31. The van der Waals surface area contributed by atoms with E-state index in [1.54, 1.807) is 11.3 Å². The van der Waals surface area contributed by atoms with E-state index in [2.05, 4.69) is 41.8 Å². The lowest BCUT2D eigenvalue weighted by Crippen LogP contribution is -2.35. The van der Waals surface area contributed by atoms with Crippen molar-refractivity contribution < 1.29 is 4.79 Å². The lowest BCUT2D eigenvalue weighted by Gasteiger charge is -2.14. The van der Waals surface area contributed by atoms with Gasteiger partial charge in [0.1, 0.15) is 0 Å². The Morgan fingerprint density at radius 3 is 2.59 bits per heavy atom. The van der Waals surface area contributed by atoms with Crippen LogP contribution in [0.5, 0.6) is 0 Å². The van der Waals surface area contributed by atoms with Gasteiger partial charge < -0.3 is 10.6 Å². The molecule has 0 bridgehead atoms. The first-order valence-electron chi connectivity index (χ1n) is 7.37. The van der Waals surface area contributed by atoms with Crippen LogP contribution in [0.1, 0.15) is 44.3 Å². The predicted octanol–water partition coefficient (Wildman–Crippen LogP) is 2.94. The van der Waals surface area contributed by atoms with Gasteiger partial charge >= 0.3 is 0 Å². The first-order valence-corrected chi connectivity index (χ1v) is 8.25. The number of amides is 1. The minimum absolute atomic E-state index is 0. The number of carbonyl (C=O) groups is 1. The molecular formula is C15H27Cl2N3OS. The molecule has 0 radical (unpaired) electrons. The molecule has 1 aromatic heterocycles. The highest BCUT2D eigenvalue weighted by Crippen LogP contribution is 2.27. The molecule has 1 amide bonds. The van der Waals surface area contributed by atoms with Crippen LogP contribution in [-0.2, 0) is 16.6 Å². The molecule has 1 aliphatic carbocycles. The van der Waals surface area contributed by atoms with E-state index in [4.69, 9.17) is 0 Å². The van der Waals surface area contributed by atoms with Gasteiger partial charge in [0, 0.05) is 23.8 Å². The molecule has 0 atom stereocenters. The fourth-order valence-corrected chi connectivity index (χ4v) is 2.88. The number of halogens is 2. The summed E-state index contributed by atoms with van der Waals surface area (Å²) in [7, 11) is 0. The molecule has 0 saturated heterocycles. The molecule has 1 fully saturated rings. The van der Waals surface area contributed by atoms with Crippen LogP contribution in [0.15, 0.2) is 5.38 Å². The highest BCUT2D eigenvalue weighted by Gasteiger charge is 2.20. The number of hydrogen-bond donors (Lipinski definition) is 2. The highest BCUT2D eigenvalue weighted by molar-refractivity contribution is 7.09. The molecule has 1 saturated carbocycles. The van der Waals surface area contributed by atoms with E-state index >= 15 is 0 Å². The number of carbonyl (C=O) groups excluding carboxylic acids is 1. The van der Waals surface area contributed by atoms with Gasteiger partial charge in [-0.25, -0.2) is 4.98 Å². The quantitative estimate of drug-likeness (QED) is 0.778. The van der Waals surface area contributed by atoms with Crippen LogP contribution in [-0.4, -0.2) is 30.5 Å². The Balaban J connectivity index is 0.00000220. The number of nitrogens with zero attached hydrogens (tertiary/aromatic N) is 1. The molecule has 0 unspecified atom stereocenters. The van der Waals surface area contributed by atoms with Crippen molar-refractivity contribution in [2.45, 2.75) is 45.4 Å². The highest BCUT2D eigenvalue weighted by atomic mass is 35.5. The van der Waals surface area contributed by atoms with Crippen molar-refractivity contribution >= 4 is 42.1 Å². The smallest absolute Gasteiger partial charge is 0.233 e. The Kier molecular flexibility index (Phi) is 9.55. The number of hydrogen-bond acceptors (Lipinski definition) is 4. The summed E-state index contributed by atoms with van der Waals surface area (Å²) in [6.07, 6.45) is 3.44. The number of nitrogens with one attached hydrogen (secondary N) is 2. The van der Waals surface area contributed by atoms with E-state index in [1.807, 2.05) is 0 Å². The zero-order valence-electron chi connectivity index (χ0n) is 13.5. The summed E-state index contributed by atoms with van der Waals surface area (Å²) in [5.41, 5.74) is 1.24. The Bertz CT molecular complexity index is 456. The van der Waals surface area contributed by atoms with Crippen LogP contribution in [0.4, 0.5) is 0 Å². The van der Waals surface area contributed by atoms with E-state index in [9.17, 15) is 4.79 Å². The van der Waals surface area contributed by atoms with Crippen molar-refractivity contribution in [1.82, 2.24) is 15.6 Å². The molecule has 1 aliphatic rings. The Morgan fingerprint density at radius 1 is 1.36 bits per heavy atom. The molecule has 1 heterocycles. The normalized spacial score (nSPS) is 14.0. The molecule has 0 spiro atoms. The second kappa shape index (κ2) is 9.71. The average molecular weight is 368 g/mol. The molecule has 22 heavy (non-hydrogen) atoms. The van der Waals surface area contributed by atoms with Gasteiger partial charge in [-0.2, -0.15) is 0 Å². The molecule has 0 aromatic carbocycles. The van der Waals surface area contributed by atoms with Crippen molar-refractivity contribution in [3.05, 3.63) is 16.1 Å². The van der Waals surface area contributed by atoms with Crippen LogP contribution in [0.25, 0.3) is 0 Å². The van der Waals surface area contributed by atoms with Crippen LogP contribution in [0, 0.1) is 5.92 Å². The van der Waals surface area contributed by atoms with Crippen molar-refractivity contribution in [3.8, 4) is 0 Å².